The number of likely N-dealkylation sites (tertiary alicyclic amines) is 1. The standard InChI is InChI=1S/C14H17BrClNO3/c1-8-6-17(13(18)19)7-9(2)14(8,20)11-4-3-10(15)5-12(11)16/h3-5,8-9,20H,6-7H2,1-2H3,(H,18,19)/t8-,9+,14?. The Hall–Kier alpha value is -0.780. The van der Waals surface area contributed by atoms with Crippen LogP contribution < -0.4 is 0 Å². The van der Waals surface area contributed by atoms with Crippen molar-refractivity contribution >= 4 is 33.6 Å². The second-order valence-electron chi connectivity index (χ2n) is 5.44. The SMILES string of the molecule is C[C@@H]1CN(C(=O)O)C[C@H](C)C1(O)c1ccc(Br)cc1Cl. The molecule has 1 heterocycles. The van der Waals surface area contributed by atoms with E-state index in [0.29, 0.717) is 23.7 Å². The smallest absolute Gasteiger partial charge is 0.407 e. The van der Waals surface area contributed by atoms with Gasteiger partial charge in [-0.05, 0) is 12.1 Å². The lowest BCUT2D eigenvalue weighted by Gasteiger charge is -2.47. The second kappa shape index (κ2) is 5.54. The number of hydrogen-bond donors (Lipinski definition) is 2. The molecule has 0 saturated carbocycles. The van der Waals surface area contributed by atoms with E-state index in [1.807, 2.05) is 19.9 Å². The molecule has 1 aliphatic heterocycles. The van der Waals surface area contributed by atoms with E-state index >= 15 is 0 Å². The quantitative estimate of drug-likeness (QED) is 0.803. The van der Waals surface area contributed by atoms with Crippen molar-refractivity contribution in [3.63, 3.8) is 0 Å². The summed E-state index contributed by atoms with van der Waals surface area (Å²) in [5, 5.41) is 20.7. The maximum Gasteiger partial charge on any atom is 0.407 e. The lowest BCUT2D eigenvalue weighted by Crippen LogP contribution is -2.55. The average Bonchev–Trinajstić information content (AvgIpc) is 2.35. The van der Waals surface area contributed by atoms with Gasteiger partial charge in [0.05, 0.1) is 5.60 Å². The highest BCUT2D eigenvalue weighted by Gasteiger charge is 2.47. The van der Waals surface area contributed by atoms with Crippen molar-refractivity contribution in [1.82, 2.24) is 4.90 Å². The fourth-order valence-corrected chi connectivity index (χ4v) is 3.83. The minimum atomic E-state index is -1.12. The summed E-state index contributed by atoms with van der Waals surface area (Å²) < 4.78 is 0.845. The van der Waals surface area contributed by atoms with Gasteiger partial charge in [-0.1, -0.05) is 47.4 Å². The van der Waals surface area contributed by atoms with E-state index in [2.05, 4.69) is 15.9 Å². The molecular formula is C14H17BrClNO3. The van der Waals surface area contributed by atoms with Crippen molar-refractivity contribution in [1.29, 1.82) is 0 Å². The van der Waals surface area contributed by atoms with Crippen LogP contribution in [0, 0.1) is 11.8 Å². The van der Waals surface area contributed by atoms with Crippen LogP contribution in [0.2, 0.25) is 5.02 Å². The highest BCUT2D eigenvalue weighted by molar-refractivity contribution is 9.10. The lowest BCUT2D eigenvalue weighted by atomic mass is 9.71. The van der Waals surface area contributed by atoms with Gasteiger partial charge in [-0.15, -0.1) is 0 Å². The molecule has 0 radical (unpaired) electrons. The van der Waals surface area contributed by atoms with Crippen molar-refractivity contribution in [3.05, 3.63) is 33.3 Å². The Balaban J connectivity index is 2.41. The van der Waals surface area contributed by atoms with E-state index in [9.17, 15) is 9.90 Å². The van der Waals surface area contributed by atoms with Crippen LogP contribution in [-0.4, -0.2) is 34.3 Å². The maximum atomic E-state index is 11.1. The predicted octanol–water partition coefficient (Wildman–Crippen LogP) is 3.56. The number of benzene rings is 1. The molecule has 0 aliphatic carbocycles. The van der Waals surface area contributed by atoms with Gasteiger partial charge in [0.25, 0.3) is 0 Å². The van der Waals surface area contributed by atoms with E-state index in [4.69, 9.17) is 16.7 Å². The maximum absolute atomic E-state index is 11.1. The highest BCUT2D eigenvalue weighted by Crippen LogP contribution is 2.44. The Bertz CT molecular complexity index is 525. The Morgan fingerprint density at radius 3 is 2.40 bits per heavy atom. The number of halogens is 2. The van der Waals surface area contributed by atoms with Gasteiger partial charge in [0.1, 0.15) is 0 Å². The zero-order chi connectivity index (χ0) is 15.1. The van der Waals surface area contributed by atoms with Crippen LogP contribution in [0.15, 0.2) is 22.7 Å². The number of nitrogens with zero attached hydrogens (tertiary/aromatic N) is 1. The predicted molar refractivity (Wildman–Crippen MR) is 81.0 cm³/mol. The van der Waals surface area contributed by atoms with Gasteiger partial charge in [0, 0.05) is 40.0 Å². The zero-order valence-corrected chi connectivity index (χ0v) is 13.6. The molecule has 110 valence electrons. The molecule has 1 aromatic rings. The summed E-state index contributed by atoms with van der Waals surface area (Å²) in [6, 6.07) is 5.38. The molecular weight excluding hydrogens is 346 g/mol. The van der Waals surface area contributed by atoms with Crippen LogP contribution in [0.4, 0.5) is 4.79 Å². The van der Waals surface area contributed by atoms with E-state index in [1.165, 1.54) is 4.90 Å². The first-order valence-electron chi connectivity index (χ1n) is 6.42. The topological polar surface area (TPSA) is 60.8 Å². The first-order chi connectivity index (χ1) is 9.26. The number of amides is 1. The lowest BCUT2D eigenvalue weighted by molar-refractivity contribution is -0.106. The molecule has 6 heteroatoms. The molecule has 2 N–H and O–H groups in total. The third-order valence-corrected chi connectivity index (χ3v) is 4.93. The van der Waals surface area contributed by atoms with Gasteiger partial charge in [0.2, 0.25) is 0 Å². The Morgan fingerprint density at radius 2 is 1.95 bits per heavy atom. The number of piperidine rings is 1. The van der Waals surface area contributed by atoms with E-state index < -0.39 is 11.7 Å². The Labute approximate surface area is 131 Å². The van der Waals surface area contributed by atoms with Crippen LogP contribution in [0.5, 0.6) is 0 Å². The van der Waals surface area contributed by atoms with E-state index in [0.717, 1.165) is 4.47 Å². The number of aliphatic hydroxyl groups is 1. The van der Waals surface area contributed by atoms with Crippen molar-refractivity contribution in [2.45, 2.75) is 19.4 Å². The molecule has 1 fully saturated rings. The summed E-state index contributed by atoms with van der Waals surface area (Å²) in [6.45, 7) is 4.29. The van der Waals surface area contributed by atoms with Crippen molar-refractivity contribution in [3.8, 4) is 0 Å². The van der Waals surface area contributed by atoms with Crippen molar-refractivity contribution in [2.75, 3.05) is 13.1 Å². The Morgan fingerprint density at radius 1 is 1.40 bits per heavy atom. The van der Waals surface area contributed by atoms with Gasteiger partial charge in [-0.3, -0.25) is 0 Å². The molecule has 1 aliphatic rings. The molecule has 2 rings (SSSR count). The normalized spacial score (nSPS) is 30.4. The molecule has 1 aromatic carbocycles. The third-order valence-electron chi connectivity index (χ3n) is 4.12. The van der Waals surface area contributed by atoms with Crippen LogP contribution >= 0.6 is 27.5 Å². The molecule has 0 bridgehead atoms. The van der Waals surface area contributed by atoms with E-state index in [-0.39, 0.29) is 11.8 Å². The van der Waals surface area contributed by atoms with Gasteiger partial charge in [-0.2, -0.15) is 0 Å². The monoisotopic (exact) mass is 361 g/mol. The summed E-state index contributed by atoms with van der Waals surface area (Å²) in [4.78, 5) is 12.5. The zero-order valence-electron chi connectivity index (χ0n) is 11.3. The van der Waals surface area contributed by atoms with Crippen LogP contribution in [0.3, 0.4) is 0 Å². The summed E-state index contributed by atoms with van der Waals surface area (Å²) in [5.41, 5.74) is -0.462. The number of carbonyl (C=O) groups is 1. The van der Waals surface area contributed by atoms with Crippen molar-refractivity contribution in [2.24, 2.45) is 11.8 Å². The summed E-state index contributed by atoms with van der Waals surface area (Å²) in [6.07, 6.45) is -0.951. The molecule has 3 atom stereocenters. The van der Waals surface area contributed by atoms with Gasteiger partial charge < -0.3 is 15.1 Å². The van der Waals surface area contributed by atoms with Crippen LogP contribution in [0.25, 0.3) is 0 Å². The molecule has 4 nitrogen and oxygen atoms in total. The third kappa shape index (κ3) is 2.54. The molecule has 1 saturated heterocycles. The fraction of sp³-hybridized carbons (Fsp3) is 0.500. The fourth-order valence-electron chi connectivity index (χ4n) is 3.00. The minimum Gasteiger partial charge on any atom is -0.465 e. The molecule has 1 amide bonds. The van der Waals surface area contributed by atoms with Crippen molar-refractivity contribution < 1.29 is 15.0 Å². The first kappa shape index (κ1) is 15.6. The molecule has 0 spiro atoms. The number of rotatable bonds is 1. The van der Waals surface area contributed by atoms with Gasteiger partial charge in [-0.25, -0.2) is 4.79 Å². The molecule has 20 heavy (non-hydrogen) atoms. The number of hydrogen-bond acceptors (Lipinski definition) is 2. The Kier molecular flexibility index (Phi) is 4.33. The second-order valence-corrected chi connectivity index (χ2v) is 6.76. The first-order valence-corrected chi connectivity index (χ1v) is 7.59. The molecule has 1 unspecified atom stereocenters. The highest BCUT2D eigenvalue weighted by atomic mass is 79.9. The van der Waals surface area contributed by atoms with Gasteiger partial charge >= 0.3 is 6.09 Å². The largest absolute Gasteiger partial charge is 0.465 e. The van der Waals surface area contributed by atoms with Crippen LogP contribution in [0.1, 0.15) is 19.4 Å². The summed E-state index contributed by atoms with van der Waals surface area (Å²) in [5.74, 6) is -0.470. The van der Waals surface area contributed by atoms with Crippen LogP contribution in [-0.2, 0) is 5.60 Å². The average molecular weight is 363 g/mol. The minimum absolute atomic E-state index is 0.235. The number of carboxylic acid groups (broad SMARTS) is 1. The van der Waals surface area contributed by atoms with Gasteiger partial charge in [0.15, 0.2) is 0 Å². The summed E-state index contributed by atoms with van der Waals surface area (Å²) >= 11 is 9.61. The summed E-state index contributed by atoms with van der Waals surface area (Å²) in [7, 11) is 0. The molecule has 0 aromatic heterocycles. The van der Waals surface area contributed by atoms with E-state index in [1.54, 1.807) is 12.1 Å².